The van der Waals surface area contributed by atoms with E-state index in [-0.39, 0.29) is 30.3 Å². The number of amides is 2. The summed E-state index contributed by atoms with van der Waals surface area (Å²) in [6.07, 6.45) is 6.33. The number of imidazole rings is 1. The van der Waals surface area contributed by atoms with Crippen molar-refractivity contribution in [2.75, 3.05) is 20.2 Å². The van der Waals surface area contributed by atoms with Gasteiger partial charge in [-0.05, 0) is 68.7 Å². The second kappa shape index (κ2) is 10.0. The van der Waals surface area contributed by atoms with Gasteiger partial charge < -0.3 is 29.8 Å². The molecule has 3 heterocycles. The molecule has 198 valence electrons. The van der Waals surface area contributed by atoms with Crippen molar-refractivity contribution in [3.05, 3.63) is 35.5 Å². The highest BCUT2D eigenvalue weighted by atomic mass is 35.5. The lowest BCUT2D eigenvalue weighted by atomic mass is 10.0. The van der Waals surface area contributed by atoms with Gasteiger partial charge in [0, 0.05) is 44.3 Å². The third-order valence-electron chi connectivity index (χ3n) is 7.64. The molecule has 1 unspecified atom stereocenters. The standard InChI is InChI=1S/C27H34N6O3.ClH/c1-31-24-20(12-17(13-23(24)36-2)27(35)32-11-3-4-18(28)15-32)30-25(31)21-9-10-22(26(34)29-19-7-8-19)33(21)14-16-5-6-16;/h9-10,12-13,16,18-19H,3-8,11,14-15,28H2,1-2H3,(H,29,34);1H. The summed E-state index contributed by atoms with van der Waals surface area (Å²) < 4.78 is 9.84. The van der Waals surface area contributed by atoms with Crippen molar-refractivity contribution >= 4 is 35.3 Å². The van der Waals surface area contributed by atoms with Crippen molar-refractivity contribution in [3.8, 4) is 17.3 Å². The zero-order chi connectivity index (χ0) is 25.0. The van der Waals surface area contributed by atoms with Gasteiger partial charge in [0.1, 0.15) is 17.0 Å². The molecule has 0 radical (unpaired) electrons. The minimum absolute atomic E-state index is 0. The summed E-state index contributed by atoms with van der Waals surface area (Å²) in [6.45, 7) is 2.07. The number of fused-ring (bicyclic) bond motifs is 1. The Morgan fingerprint density at radius 3 is 2.62 bits per heavy atom. The topological polar surface area (TPSA) is 107 Å². The van der Waals surface area contributed by atoms with Crippen LogP contribution in [0.15, 0.2) is 24.3 Å². The van der Waals surface area contributed by atoms with Crippen molar-refractivity contribution in [3.63, 3.8) is 0 Å². The number of carbonyl (C=O) groups excluding carboxylic acids is 2. The third kappa shape index (κ3) is 4.94. The van der Waals surface area contributed by atoms with Gasteiger partial charge in [-0.25, -0.2) is 4.98 Å². The van der Waals surface area contributed by atoms with Crippen molar-refractivity contribution in [1.82, 2.24) is 24.3 Å². The van der Waals surface area contributed by atoms with Crippen LogP contribution in [-0.4, -0.2) is 63.1 Å². The van der Waals surface area contributed by atoms with Gasteiger partial charge in [0.05, 0.1) is 18.3 Å². The minimum atomic E-state index is -0.0475. The molecule has 9 nitrogen and oxygen atoms in total. The van der Waals surface area contributed by atoms with Crippen LogP contribution in [0, 0.1) is 5.92 Å². The number of aromatic nitrogens is 3. The molecule has 0 bridgehead atoms. The molecule has 1 atom stereocenters. The van der Waals surface area contributed by atoms with E-state index >= 15 is 0 Å². The van der Waals surface area contributed by atoms with E-state index in [2.05, 4.69) is 9.88 Å². The second-order valence-electron chi connectivity index (χ2n) is 10.6. The number of piperidine rings is 1. The summed E-state index contributed by atoms with van der Waals surface area (Å²) in [5, 5.41) is 3.12. The van der Waals surface area contributed by atoms with Gasteiger partial charge in [0.25, 0.3) is 11.8 Å². The molecule has 2 aromatic heterocycles. The third-order valence-corrected chi connectivity index (χ3v) is 7.64. The number of carbonyl (C=O) groups is 2. The second-order valence-corrected chi connectivity index (χ2v) is 10.6. The van der Waals surface area contributed by atoms with E-state index in [0.717, 1.165) is 49.3 Å². The quantitative estimate of drug-likeness (QED) is 0.491. The van der Waals surface area contributed by atoms with Crippen molar-refractivity contribution in [2.24, 2.45) is 18.7 Å². The van der Waals surface area contributed by atoms with Crippen LogP contribution in [-0.2, 0) is 13.6 Å². The van der Waals surface area contributed by atoms with Gasteiger partial charge in [-0.15, -0.1) is 12.4 Å². The largest absolute Gasteiger partial charge is 0.494 e. The maximum absolute atomic E-state index is 13.3. The molecule has 37 heavy (non-hydrogen) atoms. The molecule has 6 rings (SSSR count). The van der Waals surface area contributed by atoms with E-state index in [1.165, 1.54) is 12.8 Å². The van der Waals surface area contributed by atoms with Gasteiger partial charge in [-0.1, -0.05) is 0 Å². The van der Waals surface area contributed by atoms with E-state index in [0.29, 0.717) is 47.6 Å². The Labute approximate surface area is 222 Å². The molecule has 1 saturated heterocycles. The van der Waals surface area contributed by atoms with Crippen molar-refractivity contribution in [1.29, 1.82) is 0 Å². The number of aryl methyl sites for hydroxylation is 1. The molecule has 3 aromatic rings. The van der Waals surface area contributed by atoms with Gasteiger partial charge in [0.15, 0.2) is 5.82 Å². The maximum atomic E-state index is 13.3. The molecule has 2 aliphatic carbocycles. The molecule has 3 N–H and O–H groups in total. The summed E-state index contributed by atoms with van der Waals surface area (Å²) in [7, 11) is 3.57. The molecule has 2 saturated carbocycles. The number of hydrogen-bond donors (Lipinski definition) is 2. The van der Waals surface area contributed by atoms with E-state index < -0.39 is 0 Å². The average molecular weight is 527 g/mol. The number of hydrogen-bond acceptors (Lipinski definition) is 5. The molecule has 0 spiro atoms. The number of halogens is 1. The van der Waals surface area contributed by atoms with Gasteiger partial charge >= 0.3 is 0 Å². The van der Waals surface area contributed by atoms with Crippen LogP contribution in [0.25, 0.3) is 22.6 Å². The summed E-state index contributed by atoms with van der Waals surface area (Å²) in [5.41, 5.74) is 9.77. The Bertz CT molecular complexity index is 1340. The van der Waals surface area contributed by atoms with Crippen LogP contribution in [0.1, 0.15) is 59.4 Å². The number of nitrogens with two attached hydrogens (primary N) is 1. The number of benzene rings is 1. The highest BCUT2D eigenvalue weighted by molar-refractivity contribution is 6.00. The van der Waals surface area contributed by atoms with Crippen molar-refractivity contribution < 1.29 is 14.3 Å². The lowest BCUT2D eigenvalue weighted by molar-refractivity contribution is 0.0708. The van der Waals surface area contributed by atoms with Crippen LogP contribution in [0.5, 0.6) is 5.75 Å². The van der Waals surface area contributed by atoms with Crippen molar-refractivity contribution in [2.45, 2.75) is 57.2 Å². The van der Waals surface area contributed by atoms with Gasteiger partial charge in [-0.3, -0.25) is 9.59 Å². The smallest absolute Gasteiger partial charge is 0.268 e. The zero-order valence-electron chi connectivity index (χ0n) is 21.4. The summed E-state index contributed by atoms with van der Waals surface area (Å²) in [6, 6.07) is 7.85. The monoisotopic (exact) mass is 526 g/mol. The molecule has 10 heteroatoms. The predicted molar refractivity (Wildman–Crippen MR) is 144 cm³/mol. The van der Waals surface area contributed by atoms with Crippen LogP contribution < -0.4 is 15.8 Å². The summed E-state index contributed by atoms with van der Waals surface area (Å²) in [5.74, 6) is 1.87. The first kappa shape index (κ1) is 25.6. The number of nitrogens with zero attached hydrogens (tertiary/aromatic N) is 4. The van der Waals surface area contributed by atoms with Gasteiger partial charge in [-0.2, -0.15) is 0 Å². The maximum Gasteiger partial charge on any atom is 0.268 e. The van der Waals surface area contributed by atoms with Crippen LogP contribution in [0.2, 0.25) is 0 Å². The number of methoxy groups -OCH3 is 1. The fourth-order valence-electron chi connectivity index (χ4n) is 5.30. The van der Waals surface area contributed by atoms with E-state index in [1.807, 2.05) is 34.7 Å². The lowest BCUT2D eigenvalue weighted by Crippen LogP contribution is -2.45. The fraction of sp³-hybridized carbons (Fsp3) is 0.519. The minimum Gasteiger partial charge on any atom is -0.494 e. The Balaban J connectivity index is 0.00000280. The Hall–Kier alpha value is -3.04. The average Bonchev–Trinajstić information content (AvgIpc) is 3.79. The lowest BCUT2D eigenvalue weighted by Gasteiger charge is -2.30. The first-order valence-electron chi connectivity index (χ1n) is 13.0. The van der Waals surface area contributed by atoms with E-state index in [4.69, 9.17) is 15.5 Å². The summed E-state index contributed by atoms with van der Waals surface area (Å²) >= 11 is 0. The highest BCUT2D eigenvalue weighted by Crippen LogP contribution is 2.36. The Kier molecular flexibility index (Phi) is 6.93. The van der Waals surface area contributed by atoms with Gasteiger partial charge in [0.2, 0.25) is 0 Å². The molecular formula is C27H35ClN6O3. The molecule has 1 aromatic carbocycles. The zero-order valence-corrected chi connectivity index (χ0v) is 22.2. The van der Waals surface area contributed by atoms with E-state index in [1.54, 1.807) is 13.2 Å². The molecular weight excluding hydrogens is 492 g/mol. The van der Waals surface area contributed by atoms with Crippen LogP contribution >= 0.6 is 12.4 Å². The SMILES string of the molecule is COc1cc(C(=O)N2CCCC(N)C2)cc2nc(-c3ccc(C(=O)NC4CC4)n3CC3CC3)n(C)c12.Cl. The first-order valence-corrected chi connectivity index (χ1v) is 13.0. The van der Waals surface area contributed by atoms with E-state index in [9.17, 15) is 9.59 Å². The highest BCUT2D eigenvalue weighted by Gasteiger charge is 2.30. The predicted octanol–water partition coefficient (Wildman–Crippen LogP) is 3.34. The Morgan fingerprint density at radius 2 is 1.95 bits per heavy atom. The first-order chi connectivity index (χ1) is 17.4. The number of nitrogens with one attached hydrogen (secondary N) is 1. The van der Waals surface area contributed by atoms with Crippen LogP contribution in [0.4, 0.5) is 0 Å². The molecule has 2 amide bonds. The number of likely N-dealkylation sites (tertiary alicyclic amines) is 1. The van der Waals surface area contributed by atoms with Crippen LogP contribution in [0.3, 0.4) is 0 Å². The molecule has 3 fully saturated rings. The normalized spacial score (nSPS) is 19.5. The summed E-state index contributed by atoms with van der Waals surface area (Å²) in [4.78, 5) is 33.1. The molecule has 1 aliphatic heterocycles. The Morgan fingerprint density at radius 1 is 1.16 bits per heavy atom. The fourth-order valence-corrected chi connectivity index (χ4v) is 5.30. The number of ether oxygens (including phenoxy) is 1. The number of rotatable bonds is 7. The molecule has 3 aliphatic rings.